The van der Waals surface area contributed by atoms with E-state index in [0.717, 1.165) is 100 Å². The molecule has 0 aliphatic carbocycles. The van der Waals surface area contributed by atoms with Crippen LogP contribution in [0.2, 0.25) is 0 Å². The summed E-state index contributed by atoms with van der Waals surface area (Å²) < 4.78 is 20.0. The summed E-state index contributed by atoms with van der Waals surface area (Å²) in [4.78, 5) is 16.0. The Bertz CT molecular complexity index is 3350. The van der Waals surface area contributed by atoms with E-state index in [4.69, 9.17) is 24.4 Å². The molecule has 0 spiro atoms. The summed E-state index contributed by atoms with van der Waals surface area (Å²) in [5.74, 6) is 5.19. The minimum atomic E-state index is -0.0211. The third kappa shape index (κ3) is 4.00. The molecule has 0 amide bonds. The van der Waals surface area contributed by atoms with Crippen molar-refractivity contribution in [1.82, 2.24) is 28.5 Å². The summed E-state index contributed by atoms with van der Waals surface area (Å²) in [5.41, 5.74) is 10.9. The van der Waals surface area contributed by atoms with Gasteiger partial charge in [0.1, 0.15) is 28.8 Å². The Labute approximate surface area is 319 Å². The molecular formula is C47H27BN6O2. The normalized spacial score (nSPS) is 12.9. The topological polar surface area (TPSA) is 71.4 Å². The molecule has 0 unspecified atom stereocenters. The average Bonchev–Trinajstić information content (AvgIpc) is 3.90. The van der Waals surface area contributed by atoms with Crippen LogP contribution in [0.3, 0.4) is 0 Å². The summed E-state index contributed by atoms with van der Waals surface area (Å²) in [6.45, 7) is -0.0211. The van der Waals surface area contributed by atoms with Crippen LogP contribution >= 0.6 is 0 Å². The van der Waals surface area contributed by atoms with E-state index in [0.29, 0.717) is 11.8 Å². The quantitative estimate of drug-likeness (QED) is 0.171. The number of para-hydroxylation sites is 8. The van der Waals surface area contributed by atoms with Crippen molar-refractivity contribution in [2.75, 3.05) is 0 Å². The van der Waals surface area contributed by atoms with Crippen molar-refractivity contribution in [2.24, 2.45) is 0 Å². The summed E-state index contributed by atoms with van der Waals surface area (Å²) in [6.07, 6.45) is 0. The highest BCUT2D eigenvalue weighted by Gasteiger charge is 2.40. The highest BCUT2D eigenvalue weighted by atomic mass is 16.5. The molecule has 6 heterocycles. The van der Waals surface area contributed by atoms with Crippen molar-refractivity contribution in [3.05, 3.63) is 164 Å². The summed E-state index contributed by atoms with van der Waals surface area (Å²) in [5, 5.41) is 2.27. The van der Waals surface area contributed by atoms with Gasteiger partial charge >= 0.3 is 0 Å². The molecule has 0 atom stereocenters. The van der Waals surface area contributed by atoms with Crippen LogP contribution in [0.25, 0.3) is 72.7 Å². The molecule has 2 aliphatic rings. The molecule has 11 aromatic rings. The van der Waals surface area contributed by atoms with Gasteiger partial charge in [0.05, 0.1) is 38.8 Å². The lowest BCUT2D eigenvalue weighted by molar-refractivity contribution is 0.465. The number of fused-ring (bicyclic) bond motifs is 12. The zero-order valence-electron chi connectivity index (χ0n) is 29.7. The minimum absolute atomic E-state index is 0.0211. The summed E-state index contributed by atoms with van der Waals surface area (Å²) in [6, 6.07) is 56.4. The van der Waals surface area contributed by atoms with Crippen molar-refractivity contribution in [2.45, 2.75) is 0 Å². The fourth-order valence-corrected chi connectivity index (χ4v) is 9.04. The molecule has 2 aliphatic heterocycles. The van der Waals surface area contributed by atoms with E-state index in [-0.39, 0.29) is 6.71 Å². The van der Waals surface area contributed by atoms with E-state index in [9.17, 15) is 0 Å². The number of rotatable bonds is 3. The molecule has 0 N–H and O–H groups in total. The predicted molar refractivity (Wildman–Crippen MR) is 223 cm³/mol. The van der Waals surface area contributed by atoms with E-state index < -0.39 is 0 Å². The van der Waals surface area contributed by atoms with Crippen LogP contribution in [0.1, 0.15) is 0 Å². The second-order valence-electron chi connectivity index (χ2n) is 14.4. The highest BCUT2D eigenvalue weighted by Crippen LogP contribution is 2.39. The molecule has 0 fully saturated rings. The van der Waals surface area contributed by atoms with E-state index in [1.165, 1.54) is 0 Å². The van der Waals surface area contributed by atoms with E-state index in [1.807, 2.05) is 30.3 Å². The molecule has 4 aromatic heterocycles. The standard InChI is InChI=1S/C47H27BN6O2/c1-6-18-35-29(13-1)30-14-2-7-19-36(30)52(35)46-49-34(27-44(51-46)54-39-22-10-9-21-38(39)53-37-20-8-5-17-33(37)50-47(53)54)28-25-42-45-43(26-28)56-41-24-12-4-16-32(41)48(45)31-15-3-11-23-40(31)55-42/h1-27H. The number of ether oxygens (including phenoxy) is 2. The Morgan fingerprint density at radius 2 is 1.00 bits per heavy atom. The van der Waals surface area contributed by atoms with Crippen molar-refractivity contribution in [1.29, 1.82) is 0 Å². The predicted octanol–water partition coefficient (Wildman–Crippen LogP) is 8.71. The van der Waals surface area contributed by atoms with Crippen LogP contribution in [0, 0.1) is 0 Å². The molecule has 9 heteroatoms. The minimum Gasteiger partial charge on any atom is -0.458 e. The lowest BCUT2D eigenvalue weighted by Crippen LogP contribution is -2.57. The number of benzene rings is 7. The average molecular weight is 719 g/mol. The Hall–Kier alpha value is -7.65. The van der Waals surface area contributed by atoms with E-state index in [1.54, 1.807) is 0 Å². The van der Waals surface area contributed by atoms with Crippen molar-refractivity contribution >= 4 is 72.8 Å². The number of imidazole rings is 2. The maximum Gasteiger partial charge on any atom is 0.260 e. The van der Waals surface area contributed by atoms with Gasteiger partial charge in [0.2, 0.25) is 11.7 Å². The fraction of sp³-hybridized carbons (Fsp3) is 0. The van der Waals surface area contributed by atoms with Gasteiger partial charge in [0.25, 0.3) is 6.71 Å². The van der Waals surface area contributed by atoms with Crippen molar-refractivity contribution in [3.63, 3.8) is 0 Å². The Morgan fingerprint density at radius 1 is 0.446 bits per heavy atom. The molecule has 56 heavy (non-hydrogen) atoms. The van der Waals surface area contributed by atoms with Crippen LogP contribution in [0.15, 0.2) is 164 Å². The lowest BCUT2D eigenvalue weighted by atomic mass is 9.35. The Balaban J connectivity index is 1.12. The molecule has 260 valence electrons. The molecular weight excluding hydrogens is 691 g/mol. The molecule has 13 rings (SSSR count). The van der Waals surface area contributed by atoms with Gasteiger partial charge in [0.15, 0.2) is 0 Å². The SMILES string of the molecule is c1ccc2c(c1)Oc1cc(-c3cc(-n4c5ccccc5n5c6ccccc6nc45)nc(-n4c5ccccc5c5ccccc54)n3)cc3c1B2c1ccccc1O3. The van der Waals surface area contributed by atoms with Crippen molar-refractivity contribution in [3.8, 4) is 46.0 Å². The molecule has 0 saturated carbocycles. The van der Waals surface area contributed by atoms with Gasteiger partial charge < -0.3 is 9.47 Å². The zero-order chi connectivity index (χ0) is 36.5. The first-order valence-electron chi connectivity index (χ1n) is 18.7. The van der Waals surface area contributed by atoms with Crippen LogP contribution < -0.4 is 25.9 Å². The molecule has 7 aromatic carbocycles. The maximum absolute atomic E-state index is 6.72. The molecule has 0 saturated heterocycles. The Morgan fingerprint density at radius 3 is 1.68 bits per heavy atom. The molecule has 0 bridgehead atoms. The zero-order valence-corrected chi connectivity index (χ0v) is 29.7. The first-order chi connectivity index (χ1) is 27.8. The second-order valence-corrected chi connectivity index (χ2v) is 14.4. The van der Waals surface area contributed by atoms with Gasteiger partial charge in [-0.05, 0) is 71.6 Å². The largest absolute Gasteiger partial charge is 0.458 e. The Kier molecular flexibility index (Phi) is 5.83. The molecule has 0 radical (unpaired) electrons. The van der Waals surface area contributed by atoms with Crippen LogP contribution in [0.4, 0.5) is 0 Å². The third-order valence-corrected chi connectivity index (χ3v) is 11.4. The van der Waals surface area contributed by atoms with Gasteiger partial charge in [-0.15, -0.1) is 0 Å². The fourth-order valence-electron chi connectivity index (χ4n) is 9.04. The second kappa shape index (κ2) is 11.0. The number of hydrogen-bond acceptors (Lipinski definition) is 5. The first-order valence-corrected chi connectivity index (χ1v) is 18.7. The number of hydrogen-bond donors (Lipinski definition) is 0. The van der Waals surface area contributed by atoms with Gasteiger partial charge in [-0.3, -0.25) is 13.5 Å². The smallest absolute Gasteiger partial charge is 0.260 e. The van der Waals surface area contributed by atoms with Gasteiger partial charge in [-0.1, -0.05) is 97.1 Å². The van der Waals surface area contributed by atoms with Gasteiger partial charge in [-0.25, -0.2) is 9.97 Å². The number of aromatic nitrogens is 6. The third-order valence-electron chi connectivity index (χ3n) is 11.4. The maximum atomic E-state index is 6.72. The number of nitrogens with zero attached hydrogens (tertiary/aromatic N) is 6. The monoisotopic (exact) mass is 718 g/mol. The molecule has 8 nitrogen and oxygen atoms in total. The van der Waals surface area contributed by atoms with Gasteiger partial charge in [-0.2, -0.15) is 4.98 Å². The highest BCUT2D eigenvalue weighted by molar-refractivity contribution is 6.98. The summed E-state index contributed by atoms with van der Waals surface area (Å²) in [7, 11) is 0. The van der Waals surface area contributed by atoms with Crippen LogP contribution in [-0.4, -0.2) is 35.2 Å². The van der Waals surface area contributed by atoms with Crippen LogP contribution in [0.5, 0.6) is 23.0 Å². The van der Waals surface area contributed by atoms with Gasteiger partial charge in [0, 0.05) is 27.9 Å². The van der Waals surface area contributed by atoms with E-state index >= 15 is 0 Å². The summed E-state index contributed by atoms with van der Waals surface area (Å²) >= 11 is 0. The lowest BCUT2D eigenvalue weighted by Gasteiger charge is -2.33. The first kappa shape index (κ1) is 29.8. The van der Waals surface area contributed by atoms with Crippen LogP contribution in [-0.2, 0) is 0 Å². The van der Waals surface area contributed by atoms with E-state index in [2.05, 4.69) is 147 Å². The van der Waals surface area contributed by atoms with Crippen molar-refractivity contribution < 1.29 is 9.47 Å².